The van der Waals surface area contributed by atoms with Crippen molar-refractivity contribution in [3.8, 4) is 5.75 Å². The Morgan fingerprint density at radius 2 is 1.61 bits per heavy atom. The van der Waals surface area contributed by atoms with Gasteiger partial charge >= 0.3 is 0 Å². The highest BCUT2D eigenvalue weighted by molar-refractivity contribution is 7.93. The van der Waals surface area contributed by atoms with Crippen LogP contribution in [-0.4, -0.2) is 45.7 Å². The third kappa shape index (κ3) is 7.67. The van der Waals surface area contributed by atoms with E-state index in [1.807, 2.05) is 38.1 Å². The molecule has 1 aliphatic heterocycles. The Balaban J connectivity index is 1.43. The molecule has 2 aromatic rings. The standard InChI is InChI=1S/C23H30N4O5S/c1-17-6-7-18(2)21(14-17)32-15-22(28)24-25-23(29)16-33(30,31)26-19-8-10-20(11-9-19)27-12-4-3-5-13-27/h6-11,14,26H,3-5,12-13,15-16H2,1-2H3,(H,24,28)(H,25,29). The summed E-state index contributed by atoms with van der Waals surface area (Å²) < 4.78 is 32.4. The van der Waals surface area contributed by atoms with E-state index in [1.54, 1.807) is 18.2 Å². The molecule has 0 unspecified atom stereocenters. The lowest BCUT2D eigenvalue weighted by atomic mass is 10.1. The van der Waals surface area contributed by atoms with Gasteiger partial charge in [-0.3, -0.25) is 25.2 Å². The summed E-state index contributed by atoms with van der Waals surface area (Å²) in [5.41, 5.74) is 7.53. The van der Waals surface area contributed by atoms with Gasteiger partial charge in [0.15, 0.2) is 6.61 Å². The molecule has 178 valence electrons. The van der Waals surface area contributed by atoms with Crippen molar-refractivity contribution in [3.63, 3.8) is 0 Å². The Labute approximate surface area is 194 Å². The lowest BCUT2D eigenvalue weighted by Crippen LogP contribution is -2.46. The highest BCUT2D eigenvalue weighted by Gasteiger charge is 2.18. The maximum absolute atomic E-state index is 12.3. The van der Waals surface area contributed by atoms with Gasteiger partial charge in [-0.25, -0.2) is 8.42 Å². The summed E-state index contributed by atoms with van der Waals surface area (Å²) in [5.74, 6) is -1.75. The van der Waals surface area contributed by atoms with E-state index < -0.39 is 27.6 Å². The summed E-state index contributed by atoms with van der Waals surface area (Å²) >= 11 is 0. The number of nitrogens with one attached hydrogen (secondary N) is 3. The molecule has 0 spiro atoms. The van der Waals surface area contributed by atoms with Crippen LogP contribution in [0.5, 0.6) is 5.75 Å². The van der Waals surface area contributed by atoms with Crippen molar-refractivity contribution in [1.29, 1.82) is 0 Å². The van der Waals surface area contributed by atoms with Gasteiger partial charge in [0.05, 0.1) is 0 Å². The van der Waals surface area contributed by atoms with Gasteiger partial charge in [0.2, 0.25) is 10.0 Å². The Morgan fingerprint density at radius 3 is 2.30 bits per heavy atom. The smallest absolute Gasteiger partial charge is 0.276 e. The second kappa shape index (κ2) is 11.0. The van der Waals surface area contributed by atoms with Crippen LogP contribution < -0.4 is 25.2 Å². The average Bonchev–Trinajstić information content (AvgIpc) is 2.79. The van der Waals surface area contributed by atoms with Crippen molar-refractivity contribution in [2.45, 2.75) is 33.1 Å². The van der Waals surface area contributed by atoms with Crippen LogP contribution in [0.4, 0.5) is 11.4 Å². The number of anilines is 2. The molecule has 2 aromatic carbocycles. The van der Waals surface area contributed by atoms with Crippen LogP contribution in [0.1, 0.15) is 30.4 Å². The molecular weight excluding hydrogens is 444 g/mol. The highest BCUT2D eigenvalue weighted by Crippen LogP contribution is 2.22. The largest absolute Gasteiger partial charge is 0.483 e. The predicted octanol–water partition coefficient (Wildman–Crippen LogP) is 2.26. The second-order valence-corrected chi connectivity index (χ2v) is 9.83. The molecule has 0 radical (unpaired) electrons. The number of piperidine rings is 1. The Hall–Kier alpha value is -3.27. The van der Waals surface area contributed by atoms with Crippen molar-refractivity contribution >= 4 is 33.2 Å². The number of carbonyl (C=O) groups excluding carboxylic acids is 2. The van der Waals surface area contributed by atoms with Crippen LogP contribution in [0.25, 0.3) is 0 Å². The van der Waals surface area contributed by atoms with Crippen LogP contribution in [0.15, 0.2) is 42.5 Å². The molecule has 33 heavy (non-hydrogen) atoms. The van der Waals surface area contributed by atoms with E-state index in [-0.39, 0.29) is 6.61 Å². The van der Waals surface area contributed by atoms with Crippen molar-refractivity contribution in [2.24, 2.45) is 0 Å². The van der Waals surface area contributed by atoms with E-state index in [2.05, 4.69) is 20.5 Å². The predicted molar refractivity (Wildman–Crippen MR) is 128 cm³/mol. The number of hydrogen-bond acceptors (Lipinski definition) is 6. The Bertz CT molecular complexity index is 1080. The molecule has 1 aliphatic rings. The SMILES string of the molecule is Cc1ccc(C)c(OCC(=O)NNC(=O)CS(=O)(=O)Nc2ccc(N3CCCCC3)cc2)c1. The van der Waals surface area contributed by atoms with Crippen LogP contribution in [0, 0.1) is 13.8 Å². The number of hydrogen-bond donors (Lipinski definition) is 3. The van der Waals surface area contributed by atoms with E-state index in [0.29, 0.717) is 11.4 Å². The molecule has 0 aromatic heterocycles. The van der Waals surface area contributed by atoms with Gasteiger partial charge in [-0.05, 0) is 74.6 Å². The molecule has 2 amide bonds. The Morgan fingerprint density at radius 1 is 0.939 bits per heavy atom. The third-order valence-electron chi connectivity index (χ3n) is 5.23. The number of hydrazine groups is 1. The first-order valence-corrected chi connectivity index (χ1v) is 12.5. The summed E-state index contributed by atoms with van der Waals surface area (Å²) in [5, 5.41) is 0. The third-order valence-corrected chi connectivity index (χ3v) is 6.42. The second-order valence-electron chi connectivity index (χ2n) is 8.11. The van der Waals surface area contributed by atoms with E-state index in [4.69, 9.17) is 4.74 Å². The summed E-state index contributed by atoms with van der Waals surface area (Å²) in [7, 11) is -3.94. The average molecular weight is 475 g/mol. The lowest BCUT2D eigenvalue weighted by Gasteiger charge is -2.28. The van der Waals surface area contributed by atoms with Gasteiger partial charge in [0.1, 0.15) is 11.5 Å². The molecule has 1 fully saturated rings. The quantitative estimate of drug-likeness (QED) is 0.506. The van der Waals surface area contributed by atoms with E-state index >= 15 is 0 Å². The molecule has 10 heteroatoms. The van der Waals surface area contributed by atoms with E-state index in [1.165, 1.54) is 6.42 Å². The number of benzene rings is 2. The van der Waals surface area contributed by atoms with E-state index in [9.17, 15) is 18.0 Å². The number of carbonyl (C=O) groups is 2. The fourth-order valence-corrected chi connectivity index (χ4v) is 4.48. The first kappa shape index (κ1) is 24.4. The monoisotopic (exact) mass is 474 g/mol. The van der Waals surface area contributed by atoms with Gasteiger partial charge in [-0.15, -0.1) is 0 Å². The summed E-state index contributed by atoms with van der Waals surface area (Å²) in [6.07, 6.45) is 3.53. The summed E-state index contributed by atoms with van der Waals surface area (Å²) in [4.78, 5) is 26.2. The fourth-order valence-electron chi connectivity index (χ4n) is 3.50. The molecule has 1 saturated heterocycles. The molecule has 1 heterocycles. The molecule has 3 rings (SSSR count). The topological polar surface area (TPSA) is 117 Å². The first-order chi connectivity index (χ1) is 15.7. The van der Waals surface area contributed by atoms with Crippen molar-refractivity contribution in [1.82, 2.24) is 10.9 Å². The number of amides is 2. The van der Waals surface area contributed by atoms with E-state index in [0.717, 1.165) is 42.7 Å². The number of ether oxygens (including phenoxy) is 1. The first-order valence-electron chi connectivity index (χ1n) is 10.8. The highest BCUT2D eigenvalue weighted by atomic mass is 32.2. The van der Waals surface area contributed by atoms with Crippen molar-refractivity contribution in [3.05, 3.63) is 53.6 Å². The van der Waals surface area contributed by atoms with Gasteiger partial charge < -0.3 is 9.64 Å². The zero-order valence-electron chi connectivity index (χ0n) is 18.9. The normalized spacial score (nSPS) is 13.8. The van der Waals surface area contributed by atoms with Gasteiger partial charge in [-0.1, -0.05) is 12.1 Å². The van der Waals surface area contributed by atoms with Gasteiger partial charge in [0.25, 0.3) is 11.8 Å². The fraction of sp³-hybridized carbons (Fsp3) is 0.391. The molecule has 0 saturated carbocycles. The van der Waals surface area contributed by atoms with Crippen LogP contribution >= 0.6 is 0 Å². The van der Waals surface area contributed by atoms with Crippen LogP contribution in [0.3, 0.4) is 0 Å². The zero-order valence-corrected chi connectivity index (χ0v) is 19.7. The van der Waals surface area contributed by atoms with Gasteiger partial charge in [-0.2, -0.15) is 0 Å². The molecule has 0 atom stereocenters. The number of nitrogens with zero attached hydrogens (tertiary/aromatic N) is 1. The summed E-state index contributed by atoms with van der Waals surface area (Å²) in [6, 6.07) is 12.7. The van der Waals surface area contributed by atoms with Crippen LogP contribution in [0.2, 0.25) is 0 Å². The minimum Gasteiger partial charge on any atom is -0.483 e. The number of aryl methyl sites for hydroxylation is 2. The molecule has 3 N–H and O–H groups in total. The minimum atomic E-state index is -3.94. The number of rotatable bonds is 8. The zero-order chi connectivity index (χ0) is 23.8. The number of sulfonamides is 1. The Kier molecular flexibility index (Phi) is 8.16. The summed E-state index contributed by atoms with van der Waals surface area (Å²) in [6.45, 7) is 5.43. The maximum atomic E-state index is 12.3. The minimum absolute atomic E-state index is 0.320. The van der Waals surface area contributed by atoms with Gasteiger partial charge in [0, 0.05) is 24.5 Å². The maximum Gasteiger partial charge on any atom is 0.276 e. The van der Waals surface area contributed by atoms with Crippen LogP contribution in [-0.2, 0) is 19.6 Å². The molecule has 0 aliphatic carbocycles. The molecule has 0 bridgehead atoms. The molecular formula is C23H30N4O5S. The molecule has 9 nitrogen and oxygen atoms in total. The van der Waals surface area contributed by atoms with Crippen molar-refractivity contribution in [2.75, 3.05) is 35.1 Å². The van der Waals surface area contributed by atoms with Crippen molar-refractivity contribution < 1.29 is 22.7 Å². The lowest BCUT2D eigenvalue weighted by molar-refractivity contribution is -0.128.